The van der Waals surface area contributed by atoms with Crippen LogP contribution in [0.5, 0.6) is 5.75 Å². The lowest BCUT2D eigenvalue weighted by molar-refractivity contribution is -0.119. The molecule has 1 saturated heterocycles. The van der Waals surface area contributed by atoms with Crippen molar-refractivity contribution < 1.29 is 19.4 Å². The number of benzene rings is 1. The lowest BCUT2D eigenvalue weighted by Crippen LogP contribution is -2.44. The number of carbonyl (C=O) groups excluding carboxylic acids is 1. The Kier molecular flexibility index (Phi) is 3.89. The van der Waals surface area contributed by atoms with Crippen molar-refractivity contribution in [3.63, 3.8) is 0 Å². The van der Waals surface area contributed by atoms with E-state index in [-0.39, 0.29) is 25.7 Å². The number of amides is 1. The molecule has 1 aromatic rings. The van der Waals surface area contributed by atoms with Gasteiger partial charge in [-0.25, -0.2) is 0 Å². The van der Waals surface area contributed by atoms with Gasteiger partial charge in [0, 0.05) is 30.2 Å². The standard InChI is InChI=1S/C15H16ClNO4/c16-12-1-2-13-10(6-12)5-11(7-21-13)14(18)17-8-15(19)3-4-20-9-15/h1-2,5-6,19H,3-4,7-9H2,(H,17,18). The van der Waals surface area contributed by atoms with Gasteiger partial charge in [0.05, 0.1) is 12.2 Å². The summed E-state index contributed by atoms with van der Waals surface area (Å²) in [6, 6.07) is 5.28. The quantitative estimate of drug-likeness (QED) is 0.885. The summed E-state index contributed by atoms with van der Waals surface area (Å²) >= 11 is 5.94. The molecule has 1 fully saturated rings. The average molecular weight is 310 g/mol. The van der Waals surface area contributed by atoms with Crippen molar-refractivity contribution >= 4 is 23.6 Å². The average Bonchev–Trinajstić information content (AvgIpc) is 2.91. The van der Waals surface area contributed by atoms with Gasteiger partial charge in [-0.1, -0.05) is 11.6 Å². The van der Waals surface area contributed by atoms with Crippen LogP contribution in [0.15, 0.2) is 23.8 Å². The van der Waals surface area contributed by atoms with Crippen LogP contribution < -0.4 is 10.1 Å². The minimum atomic E-state index is -0.965. The third kappa shape index (κ3) is 3.20. The van der Waals surface area contributed by atoms with Crippen LogP contribution in [0, 0.1) is 0 Å². The molecule has 1 unspecified atom stereocenters. The predicted molar refractivity (Wildman–Crippen MR) is 78.3 cm³/mol. The summed E-state index contributed by atoms with van der Waals surface area (Å²) in [5, 5.41) is 13.4. The molecule has 1 amide bonds. The van der Waals surface area contributed by atoms with Gasteiger partial charge in [-0.05, 0) is 24.3 Å². The molecule has 0 radical (unpaired) electrons. The summed E-state index contributed by atoms with van der Waals surface area (Å²) in [7, 11) is 0. The number of hydrogen-bond donors (Lipinski definition) is 2. The molecule has 2 aliphatic heterocycles. The van der Waals surface area contributed by atoms with E-state index in [1.807, 2.05) is 0 Å². The lowest BCUT2D eigenvalue weighted by atomic mass is 10.0. The molecular weight excluding hydrogens is 294 g/mol. The zero-order valence-corrected chi connectivity index (χ0v) is 12.2. The van der Waals surface area contributed by atoms with E-state index < -0.39 is 5.60 Å². The summed E-state index contributed by atoms with van der Waals surface area (Å²) in [6.07, 6.45) is 2.29. The van der Waals surface area contributed by atoms with Gasteiger partial charge in [0.1, 0.15) is 18.0 Å². The molecule has 2 N–H and O–H groups in total. The zero-order chi connectivity index (χ0) is 14.9. The van der Waals surface area contributed by atoms with Crippen LogP contribution in [0.25, 0.3) is 6.08 Å². The molecule has 0 aliphatic carbocycles. The van der Waals surface area contributed by atoms with Gasteiger partial charge in [0.25, 0.3) is 5.91 Å². The van der Waals surface area contributed by atoms with Crippen LogP contribution in [-0.4, -0.2) is 43.0 Å². The van der Waals surface area contributed by atoms with Gasteiger partial charge in [-0.15, -0.1) is 0 Å². The monoisotopic (exact) mass is 309 g/mol. The topological polar surface area (TPSA) is 67.8 Å². The highest BCUT2D eigenvalue weighted by atomic mass is 35.5. The predicted octanol–water partition coefficient (Wildman–Crippen LogP) is 1.38. The molecule has 0 saturated carbocycles. The Bertz CT molecular complexity index is 593. The van der Waals surface area contributed by atoms with Crippen molar-refractivity contribution in [1.82, 2.24) is 5.32 Å². The number of nitrogens with one attached hydrogen (secondary N) is 1. The first kappa shape index (κ1) is 14.4. The molecule has 0 aromatic heterocycles. The smallest absolute Gasteiger partial charge is 0.250 e. The maximum absolute atomic E-state index is 12.1. The number of halogens is 1. The summed E-state index contributed by atoms with van der Waals surface area (Å²) in [6.45, 7) is 1.15. The third-order valence-corrected chi connectivity index (χ3v) is 3.87. The second-order valence-corrected chi connectivity index (χ2v) is 5.79. The Labute approximate surface area is 127 Å². The molecule has 1 atom stereocenters. The summed E-state index contributed by atoms with van der Waals surface area (Å²) < 4.78 is 10.7. The van der Waals surface area contributed by atoms with Crippen LogP contribution in [0.1, 0.15) is 12.0 Å². The second-order valence-electron chi connectivity index (χ2n) is 5.35. The van der Waals surface area contributed by atoms with Crippen LogP contribution >= 0.6 is 11.6 Å². The fourth-order valence-corrected chi connectivity index (χ4v) is 2.55. The number of ether oxygens (including phenoxy) is 2. The van der Waals surface area contributed by atoms with Crippen molar-refractivity contribution in [3.8, 4) is 5.75 Å². The molecule has 2 heterocycles. The Morgan fingerprint density at radius 2 is 2.33 bits per heavy atom. The highest BCUT2D eigenvalue weighted by molar-refractivity contribution is 6.30. The van der Waals surface area contributed by atoms with Crippen LogP contribution in [-0.2, 0) is 9.53 Å². The lowest BCUT2D eigenvalue weighted by Gasteiger charge is -2.22. The van der Waals surface area contributed by atoms with Gasteiger partial charge >= 0.3 is 0 Å². The molecular formula is C15H16ClNO4. The molecule has 21 heavy (non-hydrogen) atoms. The molecule has 6 heteroatoms. The van der Waals surface area contributed by atoms with E-state index in [0.29, 0.717) is 29.4 Å². The SMILES string of the molecule is O=C(NCC1(O)CCOC1)C1=Cc2cc(Cl)ccc2OC1. The van der Waals surface area contributed by atoms with Gasteiger partial charge in [-0.2, -0.15) is 0 Å². The normalized spacial score (nSPS) is 24.0. The van der Waals surface area contributed by atoms with E-state index in [1.165, 1.54) is 0 Å². The maximum Gasteiger partial charge on any atom is 0.250 e. The molecule has 0 spiro atoms. The minimum Gasteiger partial charge on any atom is -0.488 e. The molecule has 0 bridgehead atoms. The zero-order valence-electron chi connectivity index (χ0n) is 11.4. The van der Waals surface area contributed by atoms with Crippen molar-refractivity contribution in [2.45, 2.75) is 12.0 Å². The highest BCUT2D eigenvalue weighted by Gasteiger charge is 2.33. The van der Waals surface area contributed by atoms with Gasteiger partial charge in [-0.3, -0.25) is 4.79 Å². The number of aliphatic hydroxyl groups is 1. The number of rotatable bonds is 3. The maximum atomic E-state index is 12.1. The molecule has 1 aromatic carbocycles. The third-order valence-electron chi connectivity index (χ3n) is 3.64. The number of fused-ring (bicyclic) bond motifs is 1. The Balaban J connectivity index is 1.68. The van der Waals surface area contributed by atoms with E-state index in [4.69, 9.17) is 21.1 Å². The summed E-state index contributed by atoms with van der Waals surface area (Å²) in [5.74, 6) is 0.458. The van der Waals surface area contributed by atoms with E-state index in [2.05, 4.69) is 5.32 Å². The van der Waals surface area contributed by atoms with Crippen LogP contribution in [0.2, 0.25) is 5.02 Å². The van der Waals surface area contributed by atoms with E-state index in [1.54, 1.807) is 24.3 Å². The van der Waals surface area contributed by atoms with Crippen LogP contribution in [0.4, 0.5) is 0 Å². The molecule has 112 valence electrons. The van der Waals surface area contributed by atoms with Crippen molar-refractivity contribution in [1.29, 1.82) is 0 Å². The Morgan fingerprint density at radius 1 is 1.48 bits per heavy atom. The first-order valence-corrected chi connectivity index (χ1v) is 7.15. The summed E-state index contributed by atoms with van der Waals surface area (Å²) in [4.78, 5) is 12.1. The molecule has 2 aliphatic rings. The minimum absolute atomic E-state index is 0.172. The number of carbonyl (C=O) groups is 1. The van der Waals surface area contributed by atoms with Gasteiger partial charge in [0.15, 0.2) is 0 Å². The molecule has 3 rings (SSSR count). The van der Waals surface area contributed by atoms with Crippen molar-refractivity contribution in [2.24, 2.45) is 0 Å². The van der Waals surface area contributed by atoms with Gasteiger partial charge in [0.2, 0.25) is 0 Å². The largest absolute Gasteiger partial charge is 0.488 e. The summed E-state index contributed by atoms with van der Waals surface area (Å²) in [5.41, 5.74) is 0.321. The van der Waals surface area contributed by atoms with Crippen molar-refractivity contribution in [2.75, 3.05) is 26.4 Å². The Hall–Kier alpha value is -1.56. The molecule has 5 nitrogen and oxygen atoms in total. The fourth-order valence-electron chi connectivity index (χ4n) is 2.37. The van der Waals surface area contributed by atoms with Crippen LogP contribution in [0.3, 0.4) is 0 Å². The number of hydrogen-bond acceptors (Lipinski definition) is 4. The first-order valence-electron chi connectivity index (χ1n) is 6.77. The van der Waals surface area contributed by atoms with Crippen molar-refractivity contribution in [3.05, 3.63) is 34.4 Å². The van der Waals surface area contributed by atoms with Gasteiger partial charge < -0.3 is 19.9 Å². The van der Waals surface area contributed by atoms with E-state index >= 15 is 0 Å². The van der Waals surface area contributed by atoms with E-state index in [9.17, 15) is 9.90 Å². The fraction of sp³-hybridized carbons (Fsp3) is 0.400. The first-order chi connectivity index (χ1) is 10.1. The Morgan fingerprint density at radius 3 is 3.10 bits per heavy atom. The van der Waals surface area contributed by atoms with E-state index in [0.717, 1.165) is 5.56 Å². The second kappa shape index (κ2) is 5.67. The highest BCUT2D eigenvalue weighted by Crippen LogP contribution is 2.29.